The summed E-state index contributed by atoms with van der Waals surface area (Å²) in [5.74, 6) is 0.230. The molecular weight excluding hydrogens is 382 g/mol. The first-order chi connectivity index (χ1) is 14.5. The quantitative estimate of drug-likeness (QED) is 0.353. The normalized spacial score (nSPS) is 11.0. The van der Waals surface area contributed by atoms with Crippen LogP contribution in [0.5, 0.6) is 5.75 Å². The molecule has 0 aliphatic heterocycles. The molecule has 0 bridgehead atoms. The Morgan fingerprint density at radius 1 is 1.13 bits per heavy atom. The largest absolute Gasteiger partial charge is 0.497 e. The van der Waals surface area contributed by atoms with Crippen molar-refractivity contribution in [3.8, 4) is 5.75 Å². The number of esters is 1. The Morgan fingerprint density at radius 3 is 2.57 bits per heavy atom. The summed E-state index contributed by atoms with van der Waals surface area (Å²) in [6.45, 7) is 4.16. The number of methoxy groups -OCH3 is 1. The molecule has 3 aromatic rings. The molecule has 1 N–H and O–H groups in total. The highest BCUT2D eigenvalue weighted by atomic mass is 16.5. The van der Waals surface area contributed by atoms with E-state index in [1.165, 1.54) is 0 Å². The summed E-state index contributed by atoms with van der Waals surface area (Å²) in [4.78, 5) is 24.2. The van der Waals surface area contributed by atoms with E-state index in [0.717, 1.165) is 33.5 Å². The number of benzene rings is 2. The molecule has 7 nitrogen and oxygen atoms in total. The van der Waals surface area contributed by atoms with E-state index in [2.05, 4.69) is 10.5 Å². The van der Waals surface area contributed by atoms with Crippen LogP contribution >= 0.6 is 0 Å². The average Bonchev–Trinajstić information content (AvgIpc) is 3.00. The lowest BCUT2D eigenvalue weighted by Gasteiger charge is -2.07. The number of carbonyl (C=O) groups is 2. The second-order valence-electron chi connectivity index (χ2n) is 6.73. The second-order valence-corrected chi connectivity index (χ2v) is 6.73. The average molecular weight is 407 g/mol. The fraction of sp³-hybridized carbons (Fsp3) is 0.261. The van der Waals surface area contributed by atoms with Crippen molar-refractivity contribution < 1.29 is 19.1 Å². The van der Waals surface area contributed by atoms with Crippen molar-refractivity contribution >= 4 is 29.0 Å². The Balaban J connectivity index is 1.74. The minimum absolute atomic E-state index is 0.123. The van der Waals surface area contributed by atoms with Gasteiger partial charge in [-0.2, -0.15) is 5.10 Å². The molecule has 3 rings (SSSR count). The summed E-state index contributed by atoms with van der Waals surface area (Å²) in [6, 6.07) is 15.1. The highest BCUT2D eigenvalue weighted by Crippen LogP contribution is 2.24. The number of para-hydroxylation sites is 1. The number of nitrogens with one attached hydrogen (secondary N) is 1. The molecule has 7 heteroatoms. The molecule has 0 aliphatic carbocycles. The minimum Gasteiger partial charge on any atom is -0.497 e. The van der Waals surface area contributed by atoms with Crippen LogP contribution in [0, 0.1) is 6.92 Å². The third kappa shape index (κ3) is 4.86. The van der Waals surface area contributed by atoms with Crippen LogP contribution in [0.1, 0.15) is 23.7 Å². The van der Waals surface area contributed by atoms with E-state index < -0.39 is 0 Å². The maximum atomic E-state index is 12.2. The lowest BCUT2D eigenvalue weighted by Crippen LogP contribution is -2.19. The number of amides is 1. The molecule has 0 aliphatic rings. The first-order valence-corrected chi connectivity index (χ1v) is 9.71. The third-order valence-electron chi connectivity index (χ3n) is 4.78. The predicted octanol–water partition coefficient (Wildman–Crippen LogP) is 3.21. The smallest absolute Gasteiger partial charge is 0.325 e. The number of hydrogen-bond acceptors (Lipinski definition) is 5. The molecule has 0 unspecified atom stereocenters. The first kappa shape index (κ1) is 21.1. The van der Waals surface area contributed by atoms with Crippen LogP contribution in [0.3, 0.4) is 0 Å². The van der Waals surface area contributed by atoms with Gasteiger partial charge in [0.25, 0.3) is 0 Å². The van der Waals surface area contributed by atoms with Gasteiger partial charge in [0, 0.05) is 22.2 Å². The van der Waals surface area contributed by atoms with Crippen molar-refractivity contribution in [3.63, 3.8) is 0 Å². The zero-order valence-electron chi connectivity index (χ0n) is 17.3. The molecule has 0 radical (unpaired) electrons. The van der Waals surface area contributed by atoms with E-state index in [1.54, 1.807) is 20.2 Å². The lowest BCUT2D eigenvalue weighted by molar-refractivity contribution is -0.143. The monoisotopic (exact) mass is 407 g/mol. The van der Waals surface area contributed by atoms with E-state index >= 15 is 0 Å². The van der Waals surface area contributed by atoms with Gasteiger partial charge in [0.15, 0.2) is 0 Å². The third-order valence-corrected chi connectivity index (χ3v) is 4.78. The molecule has 30 heavy (non-hydrogen) atoms. The zero-order chi connectivity index (χ0) is 21.5. The molecule has 2 aromatic carbocycles. The van der Waals surface area contributed by atoms with Crippen LogP contribution < -0.4 is 10.2 Å². The Morgan fingerprint density at radius 2 is 1.87 bits per heavy atom. The number of hydrazone groups is 1. The number of carbonyl (C=O) groups excluding carboxylic acids is 2. The molecule has 0 spiro atoms. The number of fused-ring (bicyclic) bond motifs is 1. The fourth-order valence-electron chi connectivity index (χ4n) is 3.30. The van der Waals surface area contributed by atoms with Crippen molar-refractivity contribution in [1.29, 1.82) is 0 Å². The summed E-state index contributed by atoms with van der Waals surface area (Å²) >= 11 is 0. The van der Waals surface area contributed by atoms with Crippen LogP contribution in [-0.4, -0.2) is 36.4 Å². The summed E-state index contributed by atoms with van der Waals surface area (Å²) in [7, 11) is 1.60. The number of ether oxygens (including phenoxy) is 2. The Labute approximate surface area is 175 Å². The predicted molar refractivity (Wildman–Crippen MR) is 116 cm³/mol. The van der Waals surface area contributed by atoms with Crippen molar-refractivity contribution in [2.75, 3.05) is 13.7 Å². The maximum Gasteiger partial charge on any atom is 0.325 e. The molecule has 1 heterocycles. The highest BCUT2D eigenvalue weighted by molar-refractivity contribution is 6.01. The Hall–Kier alpha value is -3.61. The molecule has 0 atom stereocenters. The number of rotatable bonds is 8. The van der Waals surface area contributed by atoms with Gasteiger partial charge >= 0.3 is 5.97 Å². The standard InChI is InChI=1S/C23H25N3O4/c1-4-30-23(28)15-26-16(2)20(19-7-5-6-8-21(19)26)14-24-25-22(27)13-17-9-11-18(29-3)12-10-17/h5-12,14H,4,13,15H2,1-3H3,(H,25,27)/b24-14-. The van der Waals surface area contributed by atoms with Crippen LogP contribution in [0.25, 0.3) is 10.9 Å². The summed E-state index contributed by atoms with van der Waals surface area (Å²) in [6.07, 6.45) is 1.83. The Kier molecular flexibility index (Phi) is 6.85. The molecule has 1 amide bonds. The lowest BCUT2D eigenvalue weighted by atomic mass is 10.1. The SMILES string of the molecule is CCOC(=O)Cn1c(C)c(/C=N\NC(=O)Cc2ccc(OC)cc2)c2ccccc21. The number of hydrogen-bond donors (Lipinski definition) is 1. The first-order valence-electron chi connectivity index (χ1n) is 9.71. The van der Waals surface area contributed by atoms with Crippen LogP contribution in [0.2, 0.25) is 0 Å². The maximum absolute atomic E-state index is 12.2. The highest BCUT2D eigenvalue weighted by Gasteiger charge is 2.15. The molecule has 1 aromatic heterocycles. The van der Waals surface area contributed by atoms with Gasteiger partial charge in [-0.25, -0.2) is 5.43 Å². The van der Waals surface area contributed by atoms with E-state index in [-0.39, 0.29) is 24.8 Å². The summed E-state index contributed by atoms with van der Waals surface area (Å²) < 4.78 is 12.1. The molecule has 0 saturated heterocycles. The van der Waals surface area contributed by atoms with Crippen molar-refractivity contribution in [2.45, 2.75) is 26.8 Å². The van der Waals surface area contributed by atoms with Crippen LogP contribution in [0.15, 0.2) is 53.6 Å². The van der Waals surface area contributed by atoms with Gasteiger partial charge < -0.3 is 14.0 Å². The zero-order valence-corrected chi connectivity index (χ0v) is 17.3. The summed E-state index contributed by atoms with van der Waals surface area (Å²) in [5, 5.41) is 5.08. The van der Waals surface area contributed by atoms with Crippen molar-refractivity contribution in [3.05, 3.63) is 65.4 Å². The van der Waals surface area contributed by atoms with E-state index in [9.17, 15) is 9.59 Å². The molecular formula is C23H25N3O4. The van der Waals surface area contributed by atoms with E-state index in [4.69, 9.17) is 9.47 Å². The van der Waals surface area contributed by atoms with Crippen molar-refractivity contribution in [2.24, 2.45) is 5.10 Å². The topological polar surface area (TPSA) is 81.9 Å². The van der Waals surface area contributed by atoms with Gasteiger partial charge in [0.05, 0.1) is 26.4 Å². The van der Waals surface area contributed by atoms with E-state index in [1.807, 2.05) is 60.0 Å². The van der Waals surface area contributed by atoms with Gasteiger partial charge in [-0.3, -0.25) is 9.59 Å². The van der Waals surface area contributed by atoms with Gasteiger partial charge in [-0.15, -0.1) is 0 Å². The Bertz CT molecular complexity index is 1070. The van der Waals surface area contributed by atoms with Crippen molar-refractivity contribution in [1.82, 2.24) is 9.99 Å². The van der Waals surface area contributed by atoms with Crippen LogP contribution in [-0.2, 0) is 27.3 Å². The minimum atomic E-state index is -0.294. The summed E-state index contributed by atoms with van der Waals surface area (Å²) in [5.41, 5.74) is 6.07. The van der Waals surface area contributed by atoms with Crippen LogP contribution in [0.4, 0.5) is 0 Å². The van der Waals surface area contributed by atoms with Gasteiger partial charge in [0.1, 0.15) is 12.3 Å². The number of nitrogens with zero attached hydrogens (tertiary/aromatic N) is 2. The number of aromatic nitrogens is 1. The molecule has 156 valence electrons. The van der Waals surface area contributed by atoms with Gasteiger partial charge in [-0.05, 0) is 37.6 Å². The molecule has 0 saturated carbocycles. The second kappa shape index (κ2) is 9.73. The van der Waals surface area contributed by atoms with Gasteiger partial charge in [0.2, 0.25) is 5.91 Å². The fourth-order valence-corrected chi connectivity index (χ4v) is 3.30. The van der Waals surface area contributed by atoms with Gasteiger partial charge in [-0.1, -0.05) is 30.3 Å². The molecule has 0 fully saturated rings. The van der Waals surface area contributed by atoms with E-state index in [0.29, 0.717) is 6.61 Å².